The van der Waals surface area contributed by atoms with Crippen LogP contribution in [0.5, 0.6) is 0 Å². The van der Waals surface area contributed by atoms with E-state index in [-0.39, 0.29) is 11.5 Å². The molecule has 7 heteroatoms. The molecule has 1 aliphatic heterocycles. The minimum atomic E-state index is -2.89. The third kappa shape index (κ3) is 2.01. The maximum absolute atomic E-state index is 11.4. The summed E-state index contributed by atoms with van der Waals surface area (Å²) in [6.45, 7) is 0.843. The number of hydrogen-bond acceptors (Lipinski definition) is 6. The molecule has 0 spiro atoms. The first-order chi connectivity index (χ1) is 8.53. The SMILES string of the molecule is Nc1ccc2oc(N3CCS(=O)(=O)CC3)nc2c1. The molecule has 3 rings (SSSR count). The van der Waals surface area contributed by atoms with E-state index < -0.39 is 9.84 Å². The van der Waals surface area contributed by atoms with Crippen molar-refractivity contribution < 1.29 is 12.8 Å². The fourth-order valence-corrected chi connectivity index (χ4v) is 3.17. The number of oxazole rings is 1. The van der Waals surface area contributed by atoms with Crippen molar-refractivity contribution in [3.05, 3.63) is 18.2 Å². The molecule has 0 atom stereocenters. The normalized spacial score (nSPS) is 19.2. The second-order valence-corrected chi connectivity index (χ2v) is 6.67. The Morgan fingerprint density at radius 3 is 2.72 bits per heavy atom. The molecule has 6 nitrogen and oxygen atoms in total. The second kappa shape index (κ2) is 3.88. The van der Waals surface area contributed by atoms with Gasteiger partial charge in [0.05, 0.1) is 11.5 Å². The maximum atomic E-state index is 11.4. The van der Waals surface area contributed by atoms with E-state index in [1.165, 1.54) is 0 Å². The molecule has 0 radical (unpaired) electrons. The number of rotatable bonds is 1. The monoisotopic (exact) mass is 267 g/mol. The largest absolute Gasteiger partial charge is 0.423 e. The lowest BCUT2D eigenvalue weighted by Gasteiger charge is -2.24. The zero-order valence-corrected chi connectivity index (χ0v) is 10.5. The summed E-state index contributed by atoms with van der Waals surface area (Å²) in [5, 5.41) is 0. The Hall–Kier alpha value is -1.76. The van der Waals surface area contributed by atoms with Crippen LogP contribution in [0.3, 0.4) is 0 Å². The van der Waals surface area contributed by atoms with Crippen LogP contribution in [0, 0.1) is 0 Å². The number of nitrogens with two attached hydrogens (primary N) is 1. The molecule has 1 fully saturated rings. The standard InChI is InChI=1S/C11H13N3O3S/c12-8-1-2-10-9(7-8)13-11(17-10)14-3-5-18(15,16)6-4-14/h1-2,7H,3-6,12H2. The number of anilines is 2. The molecular formula is C11H13N3O3S. The minimum absolute atomic E-state index is 0.147. The fourth-order valence-electron chi connectivity index (χ4n) is 1.97. The van der Waals surface area contributed by atoms with Crippen LogP contribution in [0.2, 0.25) is 0 Å². The highest BCUT2D eigenvalue weighted by Crippen LogP contribution is 2.24. The molecule has 1 saturated heterocycles. The Morgan fingerprint density at radius 2 is 2.00 bits per heavy atom. The fraction of sp³-hybridized carbons (Fsp3) is 0.364. The topological polar surface area (TPSA) is 89.4 Å². The summed E-state index contributed by atoms with van der Waals surface area (Å²) in [6, 6.07) is 5.72. The summed E-state index contributed by atoms with van der Waals surface area (Å²) in [5.74, 6) is 0.293. The van der Waals surface area contributed by atoms with Crippen LogP contribution >= 0.6 is 0 Å². The van der Waals surface area contributed by atoms with Crippen LogP contribution in [-0.2, 0) is 9.84 Å². The van der Waals surface area contributed by atoms with E-state index in [1.807, 2.05) is 4.90 Å². The number of nitrogens with zero attached hydrogens (tertiary/aromatic N) is 2. The van der Waals surface area contributed by atoms with Crippen LogP contribution in [0.25, 0.3) is 11.1 Å². The molecule has 1 aromatic heterocycles. The Balaban J connectivity index is 1.91. The predicted octanol–water partition coefficient (Wildman–Crippen LogP) is 0.645. The first kappa shape index (κ1) is 11.3. The van der Waals surface area contributed by atoms with Gasteiger partial charge >= 0.3 is 0 Å². The summed E-state index contributed by atoms with van der Waals surface area (Å²) in [7, 11) is -2.89. The molecule has 18 heavy (non-hydrogen) atoms. The van der Waals surface area contributed by atoms with Gasteiger partial charge in [-0.3, -0.25) is 0 Å². The third-order valence-electron chi connectivity index (χ3n) is 3.02. The van der Waals surface area contributed by atoms with Gasteiger partial charge in [0.1, 0.15) is 5.52 Å². The lowest BCUT2D eigenvalue weighted by Crippen LogP contribution is -2.40. The number of hydrogen-bond donors (Lipinski definition) is 1. The maximum Gasteiger partial charge on any atom is 0.298 e. The van der Waals surface area contributed by atoms with Crippen LogP contribution in [0.1, 0.15) is 0 Å². The van der Waals surface area contributed by atoms with E-state index in [0.717, 1.165) is 0 Å². The molecule has 1 aromatic carbocycles. The van der Waals surface area contributed by atoms with Gasteiger partial charge in [-0.2, -0.15) is 4.98 Å². The Morgan fingerprint density at radius 1 is 1.28 bits per heavy atom. The van der Waals surface area contributed by atoms with Gasteiger partial charge in [-0.15, -0.1) is 0 Å². The summed E-state index contributed by atoms with van der Waals surface area (Å²) in [6.07, 6.45) is 0. The van der Waals surface area contributed by atoms with Gasteiger partial charge in [-0.1, -0.05) is 0 Å². The van der Waals surface area contributed by atoms with E-state index in [2.05, 4.69) is 4.98 Å². The van der Waals surface area contributed by atoms with E-state index in [1.54, 1.807) is 18.2 Å². The van der Waals surface area contributed by atoms with Crippen LogP contribution in [0.4, 0.5) is 11.7 Å². The first-order valence-corrected chi connectivity index (χ1v) is 7.47. The Kier molecular flexibility index (Phi) is 2.44. The Bertz CT molecular complexity index is 679. The molecule has 0 bridgehead atoms. The van der Waals surface area contributed by atoms with Crippen molar-refractivity contribution in [3.63, 3.8) is 0 Å². The number of sulfone groups is 1. The third-order valence-corrected chi connectivity index (χ3v) is 4.62. The van der Waals surface area contributed by atoms with Crippen molar-refractivity contribution in [2.75, 3.05) is 35.2 Å². The lowest BCUT2D eigenvalue weighted by molar-refractivity contribution is 0.556. The van der Waals surface area contributed by atoms with Crippen molar-refractivity contribution in [1.82, 2.24) is 4.98 Å². The van der Waals surface area contributed by atoms with Crippen LogP contribution in [-0.4, -0.2) is 38.0 Å². The van der Waals surface area contributed by atoms with Crippen molar-refractivity contribution in [2.45, 2.75) is 0 Å². The summed E-state index contributed by atoms with van der Waals surface area (Å²) in [4.78, 5) is 6.17. The number of benzene rings is 1. The van der Waals surface area contributed by atoms with Gasteiger partial charge in [0.25, 0.3) is 6.01 Å². The molecule has 0 unspecified atom stereocenters. The van der Waals surface area contributed by atoms with Crippen LogP contribution < -0.4 is 10.6 Å². The second-order valence-electron chi connectivity index (χ2n) is 4.36. The van der Waals surface area contributed by atoms with Crippen LogP contribution in [0.15, 0.2) is 22.6 Å². The van der Waals surface area contributed by atoms with Gasteiger partial charge in [0.15, 0.2) is 15.4 Å². The molecule has 0 aliphatic carbocycles. The van der Waals surface area contributed by atoms with E-state index >= 15 is 0 Å². The highest BCUT2D eigenvalue weighted by molar-refractivity contribution is 7.91. The molecule has 2 aromatic rings. The molecule has 96 valence electrons. The highest BCUT2D eigenvalue weighted by Gasteiger charge is 2.24. The molecular weight excluding hydrogens is 254 g/mol. The van der Waals surface area contributed by atoms with Gasteiger partial charge in [-0.05, 0) is 18.2 Å². The van der Waals surface area contributed by atoms with E-state index in [4.69, 9.17) is 10.2 Å². The van der Waals surface area contributed by atoms with Gasteiger partial charge in [-0.25, -0.2) is 8.42 Å². The number of aromatic nitrogens is 1. The highest BCUT2D eigenvalue weighted by atomic mass is 32.2. The lowest BCUT2D eigenvalue weighted by atomic mass is 10.3. The summed E-state index contributed by atoms with van der Waals surface area (Å²) < 4.78 is 28.3. The molecule has 0 saturated carbocycles. The smallest absolute Gasteiger partial charge is 0.298 e. The summed E-state index contributed by atoms with van der Waals surface area (Å²) >= 11 is 0. The Labute approximate surface area is 104 Å². The summed E-state index contributed by atoms with van der Waals surface area (Å²) in [5.41, 5.74) is 7.65. The number of fused-ring (bicyclic) bond motifs is 1. The van der Waals surface area contributed by atoms with Gasteiger partial charge < -0.3 is 15.1 Å². The van der Waals surface area contributed by atoms with Crippen molar-refractivity contribution in [1.29, 1.82) is 0 Å². The average Bonchev–Trinajstić information content (AvgIpc) is 2.71. The first-order valence-electron chi connectivity index (χ1n) is 5.65. The molecule has 2 N–H and O–H groups in total. The quantitative estimate of drug-likeness (QED) is 0.763. The van der Waals surface area contributed by atoms with Crippen molar-refractivity contribution in [2.24, 2.45) is 0 Å². The molecule has 1 aliphatic rings. The predicted molar refractivity (Wildman–Crippen MR) is 69.3 cm³/mol. The zero-order valence-electron chi connectivity index (χ0n) is 9.67. The average molecular weight is 267 g/mol. The zero-order chi connectivity index (χ0) is 12.8. The molecule has 0 amide bonds. The minimum Gasteiger partial charge on any atom is -0.423 e. The molecule has 2 heterocycles. The van der Waals surface area contributed by atoms with Gasteiger partial charge in [0, 0.05) is 18.8 Å². The van der Waals surface area contributed by atoms with Gasteiger partial charge in [0.2, 0.25) is 0 Å². The van der Waals surface area contributed by atoms with E-state index in [9.17, 15) is 8.42 Å². The van der Waals surface area contributed by atoms with Crippen molar-refractivity contribution >= 4 is 32.6 Å². The van der Waals surface area contributed by atoms with Crippen molar-refractivity contribution in [3.8, 4) is 0 Å². The van der Waals surface area contributed by atoms with E-state index in [0.29, 0.717) is 35.9 Å². The number of nitrogen functional groups attached to an aromatic ring is 1.